The van der Waals surface area contributed by atoms with Gasteiger partial charge in [0.15, 0.2) is 0 Å². The van der Waals surface area contributed by atoms with Crippen LogP contribution in [0.4, 0.5) is 5.82 Å². The van der Waals surface area contributed by atoms with E-state index in [0.717, 1.165) is 37.5 Å². The minimum Gasteiger partial charge on any atom is -0.375 e. The second-order valence-electron chi connectivity index (χ2n) is 6.01. The Bertz CT molecular complexity index is 643. The quantitative estimate of drug-likeness (QED) is 0.874. The maximum absolute atomic E-state index is 11.9. The summed E-state index contributed by atoms with van der Waals surface area (Å²) in [5, 5.41) is 5.00. The molecule has 1 fully saturated rings. The summed E-state index contributed by atoms with van der Waals surface area (Å²) in [5.41, 5.74) is 1.02. The van der Waals surface area contributed by atoms with E-state index in [1.54, 1.807) is 11.3 Å². The summed E-state index contributed by atoms with van der Waals surface area (Å²) >= 11 is 1.69. The average molecular weight is 345 g/mol. The molecular weight excluding hydrogens is 322 g/mol. The third-order valence-corrected chi connectivity index (χ3v) is 4.98. The molecule has 0 bridgehead atoms. The molecule has 1 amide bonds. The van der Waals surface area contributed by atoms with Crippen LogP contribution in [0.25, 0.3) is 0 Å². The van der Waals surface area contributed by atoms with Gasteiger partial charge in [-0.25, -0.2) is 4.98 Å². The third kappa shape index (κ3) is 4.79. The molecule has 3 heterocycles. The normalized spacial score (nSPS) is 17.7. The summed E-state index contributed by atoms with van der Waals surface area (Å²) in [6, 6.07) is 8.13. The number of hydrogen-bond donors (Lipinski definition) is 1. The fourth-order valence-corrected chi connectivity index (χ4v) is 3.42. The Labute approximate surface area is 146 Å². The Balaban J connectivity index is 1.44. The van der Waals surface area contributed by atoms with Gasteiger partial charge in [0, 0.05) is 37.1 Å². The molecule has 0 spiro atoms. The van der Waals surface area contributed by atoms with Gasteiger partial charge in [0.1, 0.15) is 5.82 Å². The van der Waals surface area contributed by atoms with Gasteiger partial charge in [-0.15, -0.1) is 11.3 Å². The molecule has 2 aromatic heterocycles. The van der Waals surface area contributed by atoms with Crippen molar-refractivity contribution in [2.45, 2.75) is 32.4 Å². The number of morpholine rings is 1. The van der Waals surface area contributed by atoms with Gasteiger partial charge in [0.25, 0.3) is 0 Å². The number of hydrogen-bond acceptors (Lipinski definition) is 5. The fourth-order valence-electron chi connectivity index (χ4n) is 2.72. The largest absolute Gasteiger partial charge is 0.375 e. The standard InChI is InChI=1S/C18H23N3O2S/c1-14-13-21(8-9-23-14)17-6-4-15(11-19-17)12-20-18(22)7-5-16-3-2-10-24-16/h2-4,6,10-11,14H,5,7-9,12-13H2,1H3,(H,20,22)/t14-/m1/s1. The van der Waals surface area contributed by atoms with Gasteiger partial charge < -0.3 is 15.0 Å². The van der Waals surface area contributed by atoms with Gasteiger partial charge in [-0.05, 0) is 36.4 Å². The van der Waals surface area contributed by atoms with Crippen LogP contribution in [0.1, 0.15) is 23.8 Å². The molecule has 1 aliphatic rings. The number of aryl methyl sites for hydroxylation is 1. The van der Waals surface area contributed by atoms with Crippen LogP contribution in [0.3, 0.4) is 0 Å². The molecule has 3 rings (SSSR count). The van der Waals surface area contributed by atoms with Crippen LogP contribution in [0, 0.1) is 0 Å². The van der Waals surface area contributed by atoms with Crippen molar-refractivity contribution < 1.29 is 9.53 Å². The number of amides is 1. The molecule has 6 heteroatoms. The maximum atomic E-state index is 11.9. The molecule has 1 saturated heterocycles. The number of aromatic nitrogens is 1. The van der Waals surface area contributed by atoms with Gasteiger partial charge in [-0.1, -0.05) is 12.1 Å². The van der Waals surface area contributed by atoms with Crippen molar-refractivity contribution in [1.82, 2.24) is 10.3 Å². The van der Waals surface area contributed by atoms with Gasteiger partial charge in [-0.2, -0.15) is 0 Å². The van der Waals surface area contributed by atoms with E-state index in [4.69, 9.17) is 4.74 Å². The third-order valence-electron chi connectivity index (χ3n) is 4.04. The summed E-state index contributed by atoms with van der Waals surface area (Å²) in [6.45, 7) is 5.08. The minimum absolute atomic E-state index is 0.0782. The van der Waals surface area contributed by atoms with Crippen LogP contribution in [0.2, 0.25) is 0 Å². The predicted molar refractivity (Wildman–Crippen MR) is 96.4 cm³/mol. The highest BCUT2D eigenvalue weighted by Crippen LogP contribution is 2.15. The summed E-state index contributed by atoms with van der Waals surface area (Å²) in [7, 11) is 0. The highest BCUT2D eigenvalue weighted by Gasteiger charge is 2.17. The molecule has 5 nitrogen and oxygen atoms in total. The van der Waals surface area contributed by atoms with Crippen molar-refractivity contribution in [1.29, 1.82) is 0 Å². The van der Waals surface area contributed by atoms with E-state index >= 15 is 0 Å². The molecule has 1 N–H and O–H groups in total. The van der Waals surface area contributed by atoms with Gasteiger partial charge in [-0.3, -0.25) is 4.79 Å². The number of nitrogens with one attached hydrogen (secondary N) is 1. The summed E-state index contributed by atoms with van der Waals surface area (Å²) in [5.74, 6) is 1.05. The molecule has 1 aliphatic heterocycles. The maximum Gasteiger partial charge on any atom is 0.220 e. The first-order valence-corrected chi connectivity index (χ1v) is 9.19. The smallest absolute Gasteiger partial charge is 0.220 e. The number of nitrogens with zero attached hydrogens (tertiary/aromatic N) is 2. The lowest BCUT2D eigenvalue weighted by Crippen LogP contribution is -2.41. The van der Waals surface area contributed by atoms with Crippen molar-refractivity contribution in [2.24, 2.45) is 0 Å². The summed E-state index contributed by atoms with van der Waals surface area (Å²) in [4.78, 5) is 19.9. The van der Waals surface area contributed by atoms with Crippen LogP contribution in [-0.2, 0) is 22.5 Å². The van der Waals surface area contributed by atoms with Crippen LogP contribution in [-0.4, -0.2) is 36.7 Å². The van der Waals surface area contributed by atoms with E-state index in [0.29, 0.717) is 13.0 Å². The number of carbonyl (C=O) groups excluding carboxylic acids is 1. The Morgan fingerprint density at radius 2 is 2.38 bits per heavy atom. The van der Waals surface area contributed by atoms with E-state index in [9.17, 15) is 4.79 Å². The zero-order valence-electron chi connectivity index (χ0n) is 13.9. The molecular formula is C18H23N3O2S. The van der Waals surface area contributed by atoms with Gasteiger partial charge in [0.2, 0.25) is 5.91 Å². The molecule has 0 aromatic carbocycles. The Morgan fingerprint density at radius 1 is 1.46 bits per heavy atom. The highest BCUT2D eigenvalue weighted by molar-refractivity contribution is 7.09. The van der Waals surface area contributed by atoms with E-state index in [1.807, 2.05) is 29.8 Å². The first-order valence-electron chi connectivity index (χ1n) is 8.31. The second-order valence-corrected chi connectivity index (χ2v) is 7.04. The van der Waals surface area contributed by atoms with Gasteiger partial charge >= 0.3 is 0 Å². The van der Waals surface area contributed by atoms with E-state index in [2.05, 4.69) is 28.2 Å². The lowest BCUT2D eigenvalue weighted by molar-refractivity contribution is -0.121. The number of pyridine rings is 1. The first kappa shape index (κ1) is 16.9. The Kier molecular flexibility index (Phi) is 5.82. The monoisotopic (exact) mass is 345 g/mol. The molecule has 0 radical (unpaired) electrons. The van der Waals surface area contributed by atoms with Crippen molar-refractivity contribution in [3.05, 3.63) is 46.3 Å². The minimum atomic E-state index is 0.0782. The van der Waals surface area contributed by atoms with Crippen molar-refractivity contribution in [2.75, 3.05) is 24.6 Å². The van der Waals surface area contributed by atoms with Crippen LogP contribution < -0.4 is 10.2 Å². The van der Waals surface area contributed by atoms with Crippen LogP contribution in [0.5, 0.6) is 0 Å². The van der Waals surface area contributed by atoms with Gasteiger partial charge in [0.05, 0.1) is 12.7 Å². The zero-order chi connectivity index (χ0) is 16.8. The number of thiophene rings is 1. The van der Waals surface area contributed by atoms with E-state index in [-0.39, 0.29) is 12.0 Å². The molecule has 0 saturated carbocycles. The number of rotatable bonds is 6. The molecule has 0 unspecified atom stereocenters. The first-order chi connectivity index (χ1) is 11.7. The average Bonchev–Trinajstić information content (AvgIpc) is 3.12. The predicted octanol–water partition coefficient (Wildman–Crippen LogP) is 2.62. The lowest BCUT2D eigenvalue weighted by atomic mass is 10.2. The molecule has 0 aliphatic carbocycles. The van der Waals surface area contributed by atoms with Crippen molar-refractivity contribution in [3.8, 4) is 0 Å². The van der Waals surface area contributed by atoms with Crippen LogP contribution in [0.15, 0.2) is 35.8 Å². The summed E-state index contributed by atoms with van der Waals surface area (Å²) < 4.78 is 5.55. The van der Waals surface area contributed by atoms with Crippen LogP contribution >= 0.6 is 11.3 Å². The molecule has 2 aromatic rings. The molecule has 128 valence electrons. The van der Waals surface area contributed by atoms with Crippen molar-refractivity contribution in [3.63, 3.8) is 0 Å². The second kappa shape index (κ2) is 8.26. The SMILES string of the molecule is C[C@@H]1CN(c2ccc(CNC(=O)CCc3cccs3)cn2)CCO1. The fraction of sp³-hybridized carbons (Fsp3) is 0.444. The molecule has 24 heavy (non-hydrogen) atoms. The number of ether oxygens (including phenoxy) is 1. The molecule has 1 atom stereocenters. The van der Waals surface area contributed by atoms with E-state index < -0.39 is 0 Å². The Morgan fingerprint density at radius 3 is 3.08 bits per heavy atom. The lowest BCUT2D eigenvalue weighted by Gasteiger charge is -2.32. The number of anilines is 1. The topological polar surface area (TPSA) is 54.5 Å². The summed E-state index contributed by atoms with van der Waals surface area (Å²) in [6.07, 6.45) is 3.41. The van der Waals surface area contributed by atoms with Crippen molar-refractivity contribution >= 4 is 23.1 Å². The Hall–Kier alpha value is -1.92. The van der Waals surface area contributed by atoms with E-state index in [1.165, 1.54) is 4.88 Å². The zero-order valence-corrected chi connectivity index (χ0v) is 14.7. The number of carbonyl (C=O) groups is 1. The highest BCUT2D eigenvalue weighted by atomic mass is 32.1.